The van der Waals surface area contributed by atoms with Crippen molar-refractivity contribution >= 4 is 67.7 Å². The zero-order valence-corrected chi connectivity index (χ0v) is 19.1. The zero-order valence-electron chi connectivity index (χ0n) is 16.8. The Morgan fingerprint density at radius 3 is 2.44 bits per heavy atom. The Morgan fingerprint density at radius 2 is 1.72 bits per heavy atom. The molecule has 0 bridgehead atoms. The van der Waals surface area contributed by atoms with E-state index in [1.165, 1.54) is 16.2 Å². The van der Waals surface area contributed by atoms with Gasteiger partial charge in [-0.25, -0.2) is 14.9 Å². The summed E-state index contributed by atoms with van der Waals surface area (Å²) in [6.07, 6.45) is 1.76. The van der Waals surface area contributed by atoms with Crippen LogP contribution in [-0.2, 0) is 4.79 Å². The number of hydrogen-bond acceptors (Lipinski definition) is 5. The van der Waals surface area contributed by atoms with Crippen LogP contribution in [0, 0.1) is 0 Å². The van der Waals surface area contributed by atoms with Crippen molar-refractivity contribution in [1.82, 2.24) is 4.98 Å². The predicted octanol–water partition coefficient (Wildman–Crippen LogP) is 6.45. The van der Waals surface area contributed by atoms with Gasteiger partial charge < -0.3 is 4.74 Å². The quantitative estimate of drug-likeness (QED) is 0.316. The first-order valence-corrected chi connectivity index (χ1v) is 11.2. The molecule has 8 heteroatoms. The van der Waals surface area contributed by atoms with Crippen molar-refractivity contribution in [1.29, 1.82) is 0 Å². The number of aliphatic imine (C=N–C) groups is 1. The number of halogens is 2. The Balaban J connectivity index is 1.61. The first-order chi connectivity index (χ1) is 15.5. The van der Waals surface area contributed by atoms with Gasteiger partial charge >= 0.3 is 0 Å². The lowest BCUT2D eigenvalue weighted by atomic mass is 10.2. The Kier molecular flexibility index (Phi) is 5.43. The molecule has 0 fully saturated rings. The molecule has 2 heterocycles. The maximum absolute atomic E-state index is 13.5. The summed E-state index contributed by atoms with van der Waals surface area (Å²) in [4.78, 5) is 24.3. The molecule has 0 saturated carbocycles. The van der Waals surface area contributed by atoms with E-state index in [2.05, 4.69) is 9.98 Å². The number of fused-ring (bicyclic) bond motifs is 1. The molecular formula is C24H15Cl2N3O2S. The van der Waals surface area contributed by atoms with Crippen molar-refractivity contribution in [2.45, 2.75) is 0 Å². The van der Waals surface area contributed by atoms with Crippen LogP contribution in [0.15, 0.2) is 77.4 Å². The predicted molar refractivity (Wildman–Crippen MR) is 131 cm³/mol. The minimum Gasteiger partial charge on any atom is -0.497 e. The first kappa shape index (κ1) is 20.7. The fourth-order valence-corrected chi connectivity index (χ4v) is 4.71. The van der Waals surface area contributed by atoms with Gasteiger partial charge in [0.15, 0.2) is 5.13 Å². The van der Waals surface area contributed by atoms with E-state index in [0.29, 0.717) is 32.2 Å². The average molecular weight is 480 g/mol. The molecule has 1 aliphatic rings. The van der Waals surface area contributed by atoms with E-state index in [4.69, 9.17) is 27.9 Å². The summed E-state index contributed by atoms with van der Waals surface area (Å²) < 4.78 is 6.04. The Hall–Kier alpha value is -3.19. The summed E-state index contributed by atoms with van der Waals surface area (Å²) in [6.45, 7) is 0. The number of carbonyl (C=O) groups excluding carboxylic acids is 1. The number of anilines is 1. The normalized spacial score (nSPS) is 15.0. The van der Waals surface area contributed by atoms with Crippen LogP contribution in [0.3, 0.4) is 0 Å². The molecule has 0 radical (unpaired) electrons. The van der Waals surface area contributed by atoms with Crippen LogP contribution in [0.5, 0.6) is 5.75 Å². The molecule has 0 atom stereocenters. The van der Waals surface area contributed by atoms with Gasteiger partial charge in [-0.15, -0.1) is 0 Å². The van der Waals surface area contributed by atoms with Crippen LogP contribution >= 0.6 is 34.5 Å². The van der Waals surface area contributed by atoms with Crippen LogP contribution in [-0.4, -0.2) is 23.8 Å². The number of methoxy groups -OCH3 is 1. The molecule has 158 valence electrons. The van der Waals surface area contributed by atoms with Gasteiger partial charge in [0.25, 0.3) is 5.91 Å². The highest BCUT2D eigenvalue weighted by Crippen LogP contribution is 2.37. The number of rotatable bonds is 4. The summed E-state index contributed by atoms with van der Waals surface area (Å²) >= 11 is 13.7. The van der Waals surface area contributed by atoms with Crippen LogP contribution in [0.4, 0.5) is 5.13 Å². The monoisotopic (exact) mass is 479 g/mol. The molecule has 0 aliphatic carbocycles. The minimum absolute atomic E-state index is 0.254. The number of nitrogens with zero attached hydrogens (tertiary/aromatic N) is 3. The second kappa shape index (κ2) is 8.39. The number of aromatic nitrogens is 1. The first-order valence-electron chi connectivity index (χ1n) is 9.63. The summed E-state index contributed by atoms with van der Waals surface area (Å²) in [6, 6.07) is 20.4. The molecule has 0 saturated heterocycles. The number of amidine groups is 1. The number of carbonyl (C=O) groups is 1. The third kappa shape index (κ3) is 3.77. The molecule has 3 aromatic carbocycles. The van der Waals surface area contributed by atoms with Crippen LogP contribution in [0.25, 0.3) is 16.3 Å². The van der Waals surface area contributed by atoms with Gasteiger partial charge in [0.1, 0.15) is 17.3 Å². The fraction of sp³-hybridized carbons (Fsp3) is 0.0417. The van der Waals surface area contributed by atoms with Crippen LogP contribution < -0.4 is 9.64 Å². The Morgan fingerprint density at radius 1 is 1.00 bits per heavy atom. The van der Waals surface area contributed by atoms with Crippen molar-refractivity contribution < 1.29 is 9.53 Å². The second-order valence-corrected chi connectivity index (χ2v) is 8.80. The van der Waals surface area contributed by atoms with Crippen LogP contribution in [0.2, 0.25) is 10.0 Å². The molecule has 1 aliphatic heterocycles. The number of thiazole rings is 1. The third-order valence-electron chi connectivity index (χ3n) is 4.92. The van der Waals surface area contributed by atoms with E-state index < -0.39 is 0 Å². The van der Waals surface area contributed by atoms with Crippen molar-refractivity contribution in [2.24, 2.45) is 4.99 Å². The molecule has 1 aromatic heterocycles. The molecule has 32 heavy (non-hydrogen) atoms. The largest absolute Gasteiger partial charge is 0.497 e. The van der Waals surface area contributed by atoms with E-state index in [-0.39, 0.29) is 5.91 Å². The third-order valence-corrected chi connectivity index (χ3v) is 6.65. The molecule has 5 nitrogen and oxygen atoms in total. The van der Waals surface area contributed by atoms with Gasteiger partial charge in [-0.05, 0) is 35.9 Å². The second-order valence-electron chi connectivity index (χ2n) is 6.98. The topological polar surface area (TPSA) is 54.8 Å². The van der Waals surface area contributed by atoms with Gasteiger partial charge in [0, 0.05) is 5.56 Å². The van der Waals surface area contributed by atoms with Gasteiger partial charge in [-0.1, -0.05) is 77.0 Å². The van der Waals surface area contributed by atoms with E-state index in [1.807, 2.05) is 54.6 Å². The molecule has 0 unspecified atom stereocenters. The highest BCUT2D eigenvalue weighted by atomic mass is 35.5. The Labute approximate surface area is 198 Å². The lowest BCUT2D eigenvalue weighted by molar-refractivity contribution is -0.113. The minimum atomic E-state index is -0.254. The smallest absolute Gasteiger partial charge is 0.284 e. The van der Waals surface area contributed by atoms with Crippen molar-refractivity contribution in [3.8, 4) is 5.75 Å². The lowest BCUT2D eigenvalue weighted by Gasteiger charge is -2.14. The molecular weight excluding hydrogens is 465 g/mol. The van der Waals surface area contributed by atoms with Gasteiger partial charge in [-0.2, -0.15) is 0 Å². The van der Waals surface area contributed by atoms with Crippen molar-refractivity contribution in [3.05, 3.63) is 93.6 Å². The maximum Gasteiger partial charge on any atom is 0.284 e. The standard InChI is InChI=1S/C24H15Cl2N3O2S/c1-31-16-9-7-14(8-10-16)11-20-23(30)29(22(27-20)15-5-3-2-4-6-15)24-28-19-12-17(25)18(26)13-21(19)32-24/h2-13H,1H3. The number of ether oxygens (including phenoxy) is 1. The van der Waals surface area contributed by atoms with Gasteiger partial charge in [0.05, 0.1) is 27.4 Å². The maximum atomic E-state index is 13.5. The van der Waals surface area contributed by atoms with Crippen LogP contribution in [0.1, 0.15) is 11.1 Å². The molecule has 0 spiro atoms. The molecule has 5 rings (SSSR count). The van der Waals surface area contributed by atoms with E-state index >= 15 is 0 Å². The highest BCUT2D eigenvalue weighted by molar-refractivity contribution is 7.22. The summed E-state index contributed by atoms with van der Waals surface area (Å²) in [5.74, 6) is 1.01. The van der Waals surface area contributed by atoms with E-state index in [0.717, 1.165) is 21.6 Å². The highest BCUT2D eigenvalue weighted by Gasteiger charge is 2.34. The van der Waals surface area contributed by atoms with Gasteiger partial charge in [0.2, 0.25) is 0 Å². The number of benzene rings is 3. The Bertz CT molecular complexity index is 1360. The van der Waals surface area contributed by atoms with Crippen molar-refractivity contribution in [2.75, 3.05) is 12.0 Å². The number of hydrogen-bond donors (Lipinski definition) is 0. The van der Waals surface area contributed by atoms with E-state index in [1.54, 1.807) is 25.3 Å². The molecule has 1 amide bonds. The van der Waals surface area contributed by atoms with Gasteiger partial charge in [-0.3, -0.25) is 4.79 Å². The lowest BCUT2D eigenvalue weighted by Crippen LogP contribution is -2.32. The summed E-state index contributed by atoms with van der Waals surface area (Å²) in [7, 11) is 1.61. The summed E-state index contributed by atoms with van der Waals surface area (Å²) in [5, 5.41) is 1.36. The SMILES string of the molecule is COc1ccc(C=C2N=C(c3ccccc3)N(c3nc4cc(Cl)c(Cl)cc4s3)C2=O)cc1. The van der Waals surface area contributed by atoms with E-state index in [9.17, 15) is 4.79 Å². The van der Waals surface area contributed by atoms with Crippen molar-refractivity contribution in [3.63, 3.8) is 0 Å². The number of amides is 1. The molecule has 4 aromatic rings. The fourth-order valence-electron chi connectivity index (χ4n) is 3.34. The molecule has 0 N–H and O–H groups in total. The zero-order chi connectivity index (χ0) is 22.2. The average Bonchev–Trinajstić information content (AvgIpc) is 3.35. The summed E-state index contributed by atoms with van der Waals surface area (Å²) in [5.41, 5.74) is 2.65.